The van der Waals surface area contributed by atoms with Crippen molar-refractivity contribution < 1.29 is 18.7 Å². The van der Waals surface area contributed by atoms with Crippen molar-refractivity contribution in [1.82, 2.24) is 0 Å². The number of ether oxygens (including phenoxy) is 2. The van der Waals surface area contributed by atoms with Crippen LogP contribution in [-0.2, 0) is 18.7 Å². The highest BCUT2D eigenvalue weighted by Gasteiger charge is 2.39. The summed E-state index contributed by atoms with van der Waals surface area (Å²) in [4.78, 5) is 11.7. The van der Waals surface area contributed by atoms with Crippen molar-refractivity contribution in [3.05, 3.63) is 23.5 Å². The van der Waals surface area contributed by atoms with E-state index < -0.39 is 14.3 Å². The molecule has 0 aromatic carbocycles. The molecule has 0 saturated heterocycles. The van der Waals surface area contributed by atoms with E-state index in [4.69, 9.17) is 20.3 Å². The molecule has 0 rings (SSSR count). The quantitative estimate of drug-likeness (QED) is 0.206. The zero-order valence-corrected chi connectivity index (χ0v) is 18.2. The molecule has 0 radical (unpaired) electrons. The maximum Gasteiger partial charge on any atom is 0.372 e. The fourth-order valence-corrected chi connectivity index (χ4v) is 3.47. The van der Waals surface area contributed by atoms with Crippen LogP contribution in [0.15, 0.2) is 23.5 Å². The van der Waals surface area contributed by atoms with E-state index in [1.54, 1.807) is 6.08 Å². The lowest BCUT2D eigenvalue weighted by Gasteiger charge is -2.40. The van der Waals surface area contributed by atoms with Crippen molar-refractivity contribution in [2.45, 2.75) is 65.3 Å². The highest BCUT2D eigenvalue weighted by Crippen LogP contribution is 2.38. The van der Waals surface area contributed by atoms with Crippen LogP contribution in [0, 0.1) is 18.3 Å². The number of carbonyl (C=O) groups excluding carboxylic acids is 1. The Labute approximate surface area is 154 Å². The Morgan fingerprint density at radius 3 is 2.20 bits per heavy atom. The molecule has 0 fully saturated rings. The van der Waals surface area contributed by atoms with Crippen LogP contribution in [0.3, 0.4) is 0 Å². The molecule has 2 atom stereocenters. The van der Waals surface area contributed by atoms with Gasteiger partial charge in [0.1, 0.15) is 0 Å². The van der Waals surface area contributed by atoms with E-state index in [1.165, 1.54) is 14.2 Å². The van der Waals surface area contributed by atoms with Crippen LogP contribution in [-0.4, -0.2) is 34.6 Å². The van der Waals surface area contributed by atoms with Gasteiger partial charge in [-0.1, -0.05) is 39.7 Å². The summed E-state index contributed by atoms with van der Waals surface area (Å²) in [5.74, 6) is 2.46. The molecule has 0 spiro atoms. The standard InChI is InChI=1S/C20H34O4Si/c1-11-15(2)14-16(3)17(24-25(9,10)20(4,5)6)12-13-18(22-7)19(21)23-8/h1,13-14,16-17H,12H2,2-10H3/b15-14+,18-13+/t16-,17-/m0/s1. The van der Waals surface area contributed by atoms with Crippen LogP contribution in [0.25, 0.3) is 0 Å². The number of allylic oxidation sites excluding steroid dienone is 1. The summed E-state index contributed by atoms with van der Waals surface area (Å²) < 4.78 is 16.4. The Morgan fingerprint density at radius 1 is 1.24 bits per heavy atom. The van der Waals surface area contributed by atoms with Crippen LogP contribution < -0.4 is 0 Å². The third-order valence-electron chi connectivity index (χ3n) is 4.72. The molecular weight excluding hydrogens is 332 g/mol. The molecule has 0 aliphatic carbocycles. The summed E-state index contributed by atoms with van der Waals surface area (Å²) in [6.07, 6.45) is 9.69. The van der Waals surface area contributed by atoms with E-state index in [-0.39, 0.29) is 22.8 Å². The van der Waals surface area contributed by atoms with Crippen molar-refractivity contribution in [2.24, 2.45) is 5.92 Å². The van der Waals surface area contributed by atoms with Gasteiger partial charge in [-0.25, -0.2) is 4.79 Å². The van der Waals surface area contributed by atoms with Gasteiger partial charge in [0, 0.05) is 5.92 Å². The number of esters is 1. The Hall–Kier alpha value is -1.51. The van der Waals surface area contributed by atoms with Crippen molar-refractivity contribution >= 4 is 14.3 Å². The van der Waals surface area contributed by atoms with Gasteiger partial charge in [-0.3, -0.25) is 0 Å². The highest BCUT2D eigenvalue weighted by molar-refractivity contribution is 6.74. The highest BCUT2D eigenvalue weighted by atomic mass is 28.4. The zero-order valence-electron chi connectivity index (χ0n) is 17.2. The van der Waals surface area contributed by atoms with Gasteiger partial charge >= 0.3 is 5.97 Å². The van der Waals surface area contributed by atoms with Crippen molar-refractivity contribution in [2.75, 3.05) is 14.2 Å². The molecule has 0 amide bonds. The van der Waals surface area contributed by atoms with Gasteiger partial charge in [0.15, 0.2) is 14.1 Å². The minimum absolute atomic E-state index is 0.0893. The Balaban J connectivity index is 5.59. The number of methoxy groups -OCH3 is 2. The van der Waals surface area contributed by atoms with E-state index in [2.05, 4.69) is 46.7 Å². The molecule has 0 aromatic heterocycles. The molecule has 4 nitrogen and oxygen atoms in total. The van der Waals surface area contributed by atoms with Crippen molar-refractivity contribution in [1.29, 1.82) is 0 Å². The van der Waals surface area contributed by atoms with Gasteiger partial charge < -0.3 is 13.9 Å². The lowest BCUT2D eigenvalue weighted by Crippen LogP contribution is -2.45. The number of carbonyl (C=O) groups is 1. The molecule has 0 aliphatic rings. The molecule has 0 heterocycles. The SMILES string of the molecule is C#C/C(C)=C/[C@H](C)[C@H](C/C=C(/OC)C(=O)OC)O[Si](C)(C)C(C)(C)C. The molecule has 142 valence electrons. The van der Waals surface area contributed by atoms with Gasteiger partial charge in [-0.2, -0.15) is 0 Å². The van der Waals surface area contributed by atoms with E-state index in [9.17, 15) is 4.79 Å². The van der Waals surface area contributed by atoms with Crippen LogP contribution in [0.1, 0.15) is 41.0 Å². The van der Waals surface area contributed by atoms with Gasteiger partial charge in [0.05, 0.1) is 20.3 Å². The Morgan fingerprint density at radius 2 is 1.80 bits per heavy atom. The second kappa shape index (κ2) is 9.84. The van der Waals surface area contributed by atoms with Gasteiger partial charge in [-0.05, 0) is 43.1 Å². The van der Waals surface area contributed by atoms with E-state index >= 15 is 0 Å². The lowest BCUT2D eigenvalue weighted by atomic mass is 9.99. The van der Waals surface area contributed by atoms with Crippen LogP contribution in [0.5, 0.6) is 0 Å². The first kappa shape index (κ1) is 23.5. The van der Waals surface area contributed by atoms with E-state index in [0.717, 1.165) is 5.57 Å². The Kier molecular flexibility index (Phi) is 9.24. The normalized spacial score (nSPS) is 16.0. The molecular formula is C20H34O4Si. The van der Waals surface area contributed by atoms with Crippen molar-refractivity contribution in [3.8, 4) is 12.3 Å². The predicted octanol–water partition coefficient (Wildman–Crippen LogP) is 4.69. The summed E-state index contributed by atoms with van der Waals surface area (Å²) in [6, 6.07) is 0. The fourth-order valence-electron chi connectivity index (χ4n) is 2.05. The van der Waals surface area contributed by atoms with E-state index in [1.807, 2.05) is 13.0 Å². The second-order valence-corrected chi connectivity index (χ2v) is 12.5. The lowest BCUT2D eigenvalue weighted by molar-refractivity contribution is -0.139. The van der Waals surface area contributed by atoms with Gasteiger partial charge in [0.2, 0.25) is 0 Å². The van der Waals surface area contributed by atoms with Crippen LogP contribution in [0.2, 0.25) is 18.1 Å². The second-order valence-electron chi connectivity index (χ2n) is 7.77. The third-order valence-corrected chi connectivity index (χ3v) is 9.23. The zero-order chi connectivity index (χ0) is 19.8. The summed E-state index contributed by atoms with van der Waals surface area (Å²) in [5, 5.41) is 0.0893. The first-order valence-corrected chi connectivity index (χ1v) is 11.5. The molecule has 0 unspecified atom stereocenters. The number of terminal acetylenes is 1. The molecule has 0 bridgehead atoms. The average Bonchev–Trinajstić information content (AvgIpc) is 2.52. The van der Waals surface area contributed by atoms with E-state index in [0.29, 0.717) is 6.42 Å². The van der Waals surface area contributed by atoms with Crippen LogP contribution >= 0.6 is 0 Å². The first-order chi connectivity index (χ1) is 11.4. The molecule has 0 aromatic rings. The molecule has 0 saturated carbocycles. The smallest absolute Gasteiger partial charge is 0.372 e. The molecule has 5 heteroatoms. The molecule has 0 aliphatic heterocycles. The number of rotatable bonds is 8. The summed E-state index contributed by atoms with van der Waals surface area (Å²) in [5.41, 5.74) is 0.875. The monoisotopic (exact) mass is 366 g/mol. The minimum Gasteiger partial charge on any atom is -0.490 e. The third kappa shape index (κ3) is 7.49. The topological polar surface area (TPSA) is 44.8 Å². The largest absolute Gasteiger partial charge is 0.490 e. The summed E-state index contributed by atoms with van der Waals surface area (Å²) >= 11 is 0. The average molecular weight is 367 g/mol. The minimum atomic E-state index is -1.98. The van der Waals surface area contributed by atoms with Crippen molar-refractivity contribution in [3.63, 3.8) is 0 Å². The molecule has 0 N–H and O–H groups in total. The Bertz CT molecular complexity index is 547. The first-order valence-electron chi connectivity index (χ1n) is 8.55. The fraction of sp³-hybridized carbons (Fsp3) is 0.650. The summed E-state index contributed by atoms with van der Waals surface area (Å²) in [7, 11) is 0.814. The maximum absolute atomic E-state index is 11.7. The van der Waals surface area contributed by atoms with Crippen LogP contribution in [0.4, 0.5) is 0 Å². The number of hydrogen-bond donors (Lipinski definition) is 0. The maximum atomic E-state index is 11.7. The predicted molar refractivity (Wildman–Crippen MR) is 106 cm³/mol. The number of hydrogen-bond acceptors (Lipinski definition) is 4. The van der Waals surface area contributed by atoms with Gasteiger partial charge in [-0.15, -0.1) is 6.42 Å². The summed E-state index contributed by atoms with van der Waals surface area (Å²) in [6.45, 7) is 15.0. The molecule has 25 heavy (non-hydrogen) atoms. The van der Waals surface area contributed by atoms with Gasteiger partial charge in [0.25, 0.3) is 0 Å².